The monoisotopic (exact) mass is 229 g/mol. The Kier molecular flexibility index (Phi) is 2.95. The molecular weight excluding hydrogens is 214 g/mol. The van der Waals surface area contributed by atoms with Gasteiger partial charge in [-0.2, -0.15) is 9.78 Å². The van der Waals surface area contributed by atoms with Crippen LogP contribution in [0.15, 0.2) is 35.3 Å². The average Bonchev–Trinajstić information content (AvgIpc) is 2.32. The van der Waals surface area contributed by atoms with Gasteiger partial charge in [-0.15, -0.1) is 0 Å². The lowest BCUT2D eigenvalue weighted by Gasteiger charge is -2.07. The Balaban J connectivity index is 2.53. The first-order valence-electron chi connectivity index (χ1n) is 5.46. The molecule has 1 N–H and O–H groups in total. The average molecular weight is 229 g/mol. The molecule has 4 heteroatoms. The van der Waals surface area contributed by atoms with Gasteiger partial charge in [0.1, 0.15) is 0 Å². The minimum atomic E-state index is -0.139. The third-order valence-electron chi connectivity index (χ3n) is 2.82. The molecule has 2 rings (SSSR count). The van der Waals surface area contributed by atoms with Crippen molar-refractivity contribution in [1.29, 1.82) is 0 Å². The van der Waals surface area contributed by atoms with Crippen LogP contribution in [0.25, 0.3) is 5.69 Å². The number of nitrogens with one attached hydrogen (secondary N) is 1. The number of aromatic nitrogens is 2. The third kappa shape index (κ3) is 2.20. The molecule has 88 valence electrons. The van der Waals surface area contributed by atoms with Gasteiger partial charge in [0.25, 0.3) is 5.56 Å². The van der Waals surface area contributed by atoms with Crippen LogP contribution in [0.3, 0.4) is 0 Å². The molecule has 0 fully saturated rings. The van der Waals surface area contributed by atoms with Gasteiger partial charge in [0.05, 0.1) is 17.6 Å². The second kappa shape index (κ2) is 4.41. The predicted octanol–water partition coefficient (Wildman–Crippen LogP) is 1.89. The van der Waals surface area contributed by atoms with E-state index in [1.807, 2.05) is 32.0 Å². The smallest absolute Gasteiger partial charge is 0.273 e. The second-order valence-corrected chi connectivity index (χ2v) is 4.01. The van der Waals surface area contributed by atoms with E-state index in [4.69, 9.17) is 0 Å². The summed E-state index contributed by atoms with van der Waals surface area (Å²) in [6.45, 7) is 4.06. The molecule has 4 nitrogen and oxygen atoms in total. The number of rotatable bonds is 2. The number of nitrogens with zero attached hydrogens (tertiary/aromatic N) is 2. The maximum absolute atomic E-state index is 11.9. The van der Waals surface area contributed by atoms with Gasteiger partial charge in [-0.25, -0.2) is 0 Å². The van der Waals surface area contributed by atoms with Crippen molar-refractivity contribution in [3.63, 3.8) is 0 Å². The highest BCUT2D eigenvalue weighted by Gasteiger charge is 2.03. The highest BCUT2D eigenvalue weighted by atomic mass is 16.1. The van der Waals surface area contributed by atoms with Crippen LogP contribution in [0.1, 0.15) is 11.1 Å². The van der Waals surface area contributed by atoms with E-state index in [0.29, 0.717) is 0 Å². The maximum atomic E-state index is 11.9. The van der Waals surface area contributed by atoms with Crippen molar-refractivity contribution in [3.05, 3.63) is 51.9 Å². The van der Waals surface area contributed by atoms with Crippen LogP contribution in [0.5, 0.6) is 0 Å². The van der Waals surface area contributed by atoms with E-state index in [1.165, 1.54) is 16.3 Å². The molecular formula is C13H15N3O. The predicted molar refractivity (Wildman–Crippen MR) is 68.9 cm³/mol. The zero-order valence-corrected chi connectivity index (χ0v) is 10.2. The fourth-order valence-electron chi connectivity index (χ4n) is 1.60. The molecule has 0 aliphatic heterocycles. The highest BCUT2D eigenvalue weighted by molar-refractivity contribution is 5.42. The largest absolute Gasteiger partial charge is 0.387 e. The maximum Gasteiger partial charge on any atom is 0.273 e. The molecule has 0 saturated heterocycles. The molecule has 2 aromatic rings. The molecule has 0 spiro atoms. The summed E-state index contributed by atoms with van der Waals surface area (Å²) in [4.78, 5) is 11.9. The van der Waals surface area contributed by atoms with Crippen LogP contribution in [0.2, 0.25) is 0 Å². The molecule has 0 aliphatic carbocycles. The molecule has 0 aliphatic rings. The summed E-state index contributed by atoms with van der Waals surface area (Å²) in [5, 5.41) is 7.02. The highest BCUT2D eigenvalue weighted by Crippen LogP contribution is 2.12. The first-order chi connectivity index (χ1) is 8.11. The van der Waals surface area contributed by atoms with Crippen LogP contribution in [0, 0.1) is 13.8 Å². The Morgan fingerprint density at radius 2 is 1.94 bits per heavy atom. The SMILES string of the molecule is CNc1cnn(-c2ccc(C)c(C)c2)c(=O)c1. The molecule has 0 bridgehead atoms. The Morgan fingerprint density at radius 1 is 1.18 bits per heavy atom. The molecule has 17 heavy (non-hydrogen) atoms. The van der Waals surface area contributed by atoms with E-state index in [0.717, 1.165) is 16.9 Å². The van der Waals surface area contributed by atoms with Crippen molar-refractivity contribution < 1.29 is 0 Å². The van der Waals surface area contributed by atoms with Crippen molar-refractivity contribution in [2.24, 2.45) is 0 Å². The van der Waals surface area contributed by atoms with Crippen LogP contribution in [-0.2, 0) is 0 Å². The van der Waals surface area contributed by atoms with E-state index in [-0.39, 0.29) is 5.56 Å². The fourth-order valence-corrected chi connectivity index (χ4v) is 1.60. The van der Waals surface area contributed by atoms with E-state index in [2.05, 4.69) is 10.4 Å². The Hall–Kier alpha value is -2.10. The summed E-state index contributed by atoms with van der Waals surface area (Å²) in [7, 11) is 1.76. The van der Waals surface area contributed by atoms with Crippen molar-refractivity contribution in [2.45, 2.75) is 13.8 Å². The topological polar surface area (TPSA) is 46.9 Å². The van der Waals surface area contributed by atoms with Gasteiger partial charge in [0, 0.05) is 13.1 Å². The van der Waals surface area contributed by atoms with Crippen LogP contribution in [-0.4, -0.2) is 16.8 Å². The molecule has 0 unspecified atom stereocenters. The molecule has 1 heterocycles. The molecule has 1 aromatic carbocycles. The number of aryl methyl sites for hydroxylation is 2. The first kappa shape index (κ1) is 11.4. The van der Waals surface area contributed by atoms with Gasteiger partial charge in [-0.1, -0.05) is 6.07 Å². The molecule has 0 radical (unpaired) electrons. The van der Waals surface area contributed by atoms with E-state index < -0.39 is 0 Å². The lowest BCUT2D eigenvalue weighted by atomic mass is 10.1. The summed E-state index contributed by atoms with van der Waals surface area (Å²) in [5.41, 5.74) is 3.72. The minimum Gasteiger partial charge on any atom is -0.387 e. The minimum absolute atomic E-state index is 0.139. The first-order valence-corrected chi connectivity index (χ1v) is 5.46. The molecule has 0 amide bonds. The van der Waals surface area contributed by atoms with E-state index in [1.54, 1.807) is 13.2 Å². The van der Waals surface area contributed by atoms with Gasteiger partial charge in [0.15, 0.2) is 0 Å². The standard InChI is InChI=1S/C13H15N3O/c1-9-4-5-12(6-10(9)2)16-13(17)7-11(14-3)8-15-16/h4-8,14H,1-3H3. The Morgan fingerprint density at radius 3 is 2.53 bits per heavy atom. The summed E-state index contributed by atoms with van der Waals surface area (Å²) < 4.78 is 1.40. The van der Waals surface area contributed by atoms with E-state index >= 15 is 0 Å². The van der Waals surface area contributed by atoms with Crippen LogP contribution in [0.4, 0.5) is 5.69 Å². The number of benzene rings is 1. The molecule has 0 atom stereocenters. The quantitative estimate of drug-likeness (QED) is 0.855. The van der Waals surface area contributed by atoms with Gasteiger partial charge >= 0.3 is 0 Å². The van der Waals surface area contributed by atoms with E-state index in [9.17, 15) is 4.79 Å². The number of hydrogen-bond donors (Lipinski definition) is 1. The van der Waals surface area contributed by atoms with Crippen molar-refractivity contribution in [2.75, 3.05) is 12.4 Å². The zero-order chi connectivity index (χ0) is 12.4. The van der Waals surface area contributed by atoms with Crippen LogP contribution >= 0.6 is 0 Å². The van der Waals surface area contributed by atoms with Gasteiger partial charge in [-0.05, 0) is 37.1 Å². The van der Waals surface area contributed by atoms with Crippen molar-refractivity contribution in [3.8, 4) is 5.69 Å². The lowest BCUT2D eigenvalue weighted by Crippen LogP contribution is -2.20. The number of hydrogen-bond acceptors (Lipinski definition) is 3. The molecule has 0 saturated carbocycles. The lowest BCUT2D eigenvalue weighted by molar-refractivity contribution is 0.807. The third-order valence-corrected chi connectivity index (χ3v) is 2.82. The fraction of sp³-hybridized carbons (Fsp3) is 0.231. The summed E-state index contributed by atoms with van der Waals surface area (Å²) >= 11 is 0. The normalized spacial score (nSPS) is 10.3. The summed E-state index contributed by atoms with van der Waals surface area (Å²) in [6.07, 6.45) is 1.64. The van der Waals surface area contributed by atoms with Crippen molar-refractivity contribution in [1.82, 2.24) is 9.78 Å². The zero-order valence-electron chi connectivity index (χ0n) is 10.2. The Bertz CT molecular complexity index is 602. The second-order valence-electron chi connectivity index (χ2n) is 4.01. The Labute approximate surface area is 99.9 Å². The van der Waals surface area contributed by atoms with Gasteiger partial charge in [0.2, 0.25) is 0 Å². The molecule has 1 aromatic heterocycles. The van der Waals surface area contributed by atoms with Gasteiger partial charge in [-0.3, -0.25) is 4.79 Å². The van der Waals surface area contributed by atoms with Crippen LogP contribution < -0.4 is 10.9 Å². The van der Waals surface area contributed by atoms with Gasteiger partial charge < -0.3 is 5.32 Å². The summed E-state index contributed by atoms with van der Waals surface area (Å²) in [5.74, 6) is 0. The summed E-state index contributed by atoms with van der Waals surface area (Å²) in [6, 6.07) is 7.38. The number of anilines is 1. The van der Waals surface area contributed by atoms with Crippen molar-refractivity contribution >= 4 is 5.69 Å².